The molecule has 0 saturated carbocycles. The molecule has 1 heterocycles. The van der Waals surface area contributed by atoms with Gasteiger partial charge in [0.25, 0.3) is 0 Å². The lowest BCUT2D eigenvalue weighted by Crippen LogP contribution is -2.54. The molecular weight excluding hydrogens is 470 g/mol. The quantitative estimate of drug-likeness (QED) is 0.410. The second-order valence-electron chi connectivity index (χ2n) is 9.84. The van der Waals surface area contributed by atoms with Gasteiger partial charge in [-0.05, 0) is 61.8 Å². The zero-order chi connectivity index (χ0) is 26.2. The van der Waals surface area contributed by atoms with Crippen molar-refractivity contribution in [3.05, 3.63) is 71.3 Å². The second kappa shape index (κ2) is 12.7. The van der Waals surface area contributed by atoms with Crippen molar-refractivity contribution in [3.8, 4) is 0 Å². The van der Waals surface area contributed by atoms with E-state index in [0.717, 1.165) is 30.4 Å². The van der Waals surface area contributed by atoms with Gasteiger partial charge in [0.1, 0.15) is 18.7 Å². The lowest BCUT2D eigenvalue weighted by atomic mass is 9.87. The first kappa shape index (κ1) is 26.6. The molecule has 6 N–H and O–H groups in total. The van der Waals surface area contributed by atoms with Crippen LogP contribution >= 0.6 is 0 Å². The van der Waals surface area contributed by atoms with Crippen LogP contribution in [0.3, 0.4) is 0 Å². The molecule has 2 aliphatic rings. The number of ether oxygens (including phenoxy) is 1. The van der Waals surface area contributed by atoms with Gasteiger partial charge in [0.2, 0.25) is 11.8 Å². The Kier molecular flexibility index (Phi) is 9.14. The van der Waals surface area contributed by atoms with E-state index in [1.165, 1.54) is 10.5 Å². The molecule has 0 aromatic heterocycles. The van der Waals surface area contributed by atoms with Gasteiger partial charge in [-0.1, -0.05) is 54.6 Å². The van der Waals surface area contributed by atoms with Crippen LogP contribution in [0.15, 0.2) is 54.6 Å². The van der Waals surface area contributed by atoms with E-state index in [1.54, 1.807) is 0 Å². The number of carbonyl (C=O) groups excluding carboxylic acids is 3. The topological polar surface area (TPSA) is 140 Å². The minimum absolute atomic E-state index is 0.0902. The lowest BCUT2D eigenvalue weighted by Gasteiger charge is -2.31. The number of carbonyl (C=O) groups is 3. The Morgan fingerprint density at radius 2 is 1.84 bits per heavy atom. The maximum atomic E-state index is 13.6. The first-order chi connectivity index (χ1) is 18.0. The summed E-state index contributed by atoms with van der Waals surface area (Å²) >= 11 is 0. The van der Waals surface area contributed by atoms with Gasteiger partial charge in [0, 0.05) is 12.6 Å². The molecule has 4 atom stereocenters. The maximum absolute atomic E-state index is 13.6. The van der Waals surface area contributed by atoms with Crippen LogP contribution < -0.4 is 22.1 Å². The molecule has 198 valence electrons. The van der Waals surface area contributed by atoms with Crippen molar-refractivity contribution in [2.75, 3.05) is 13.1 Å². The summed E-state index contributed by atoms with van der Waals surface area (Å²) in [6.07, 6.45) is 3.39. The second-order valence-corrected chi connectivity index (χ2v) is 9.84. The highest BCUT2D eigenvalue weighted by atomic mass is 16.5. The smallest absolute Gasteiger partial charge is 0.408 e. The molecule has 1 aliphatic carbocycles. The zero-order valence-electron chi connectivity index (χ0n) is 21.1. The van der Waals surface area contributed by atoms with Crippen LogP contribution in [0.4, 0.5) is 4.79 Å². The molecule has 1 fully saturated rings. The van der Waals surface area contributed by atoms with Gasteiger partial charge in [-0.15, -0.1) is 0 Å². The van der Waals surface area contributed by atoms with E-state index < -0.39 is 18.2 Å². The molecule has 37 heavy (non-hydrogen) atoms. The molecule has 4 rings (SSSR count). The number of nitrogens with zero attached hydrogens (tertiary/aromatic N) is 1. The Balaban J connectivity index is 1.41. The molecule has 1 aliphatic heterocycles. The molecule has 1 saturated heterocycles. The molecule has 0 radical (unpaired) electrons. The number of rotatable bonds is 9. The summed E-state index contributed by atoms with van der Waals surface area (Å²) in [5, 5.41) is 5.85. The van der Waals surface area contributed by atoms with Gasteiger partial charge < -0.3 is 31.7 Å². The van der Waals surface area contributed by atoms with Crippen molar-refractivity contribution in [3.63, 3.8) is 0 Å². The molecule has 2 aromatic rings. The largest absolute Gasteiger partial charge is 0.445 e. The van der Waals surface area contributed by atoms with Crippen LogP contribution in [-0.4, -0.2) is 54.0 Å². The summed E-state index contributed by atoms with van der Waals surface area (Å²) in [5.74, 6) is -0.561. The number of likely N-dealkylation sites (tertiary alicyclic amines) is 1. The Morgan fingerprint density at radius 1 is 1.08 bits per heavy atom. The van der Waals surface area contributed by atoms with Crippen LogP contribution in [-0.2, 0) is 27.4 Å². The van der Waals surface area contributed by atoms with Crippen LogP contribution in [0.1, 0.15) is 54.8 Å². The Hall–Kier alpha value is -3.43. The average Bonchev–Trinajstić information content (AvgIpc) is 3.32. The van der Waals surface area contributed by atoms with Gasteiger partial charge in [-0.3, -0.25) is 9.59 Å². The highest BCUT2D eigenvalue weighted by Gasteiger charge is 2.41. The number of amides is 3. The van der Waals surface area contributed by atoms with E-state index >= 15 is 0 Å². The Morgan fingerprint density at radius 3 is 2.62 bits per heavy atom. The van der Waals surface area contributed by atoms with E-state index in [4.69, 9.17) is 16.2 Å². The minimum Gasteiger partial charge on any atom is -0.445 e. The first-order valence-electron chi connectivity index (χ1n) is 13.1. The van der Waals surface area contributed by atoms with Crippen molar-refractivity contribution < 1.29 is 19.1 Å². The van der Waals surface area contributed by atoms with Crippen LogP contribution in [0, 0.1) is 0 Å². The van der Waals surface area contributed by atoms with Crippen molar-refractivity contribution in [2.24, 2.45) is 11.5 Å². The third-order valence-corrected chi connectivity index (χ3v) is 7.10. The number of fused-ring (bicyclic) bond motifs is 1. The maximum Gasteiger partial charge on any atom is 0.408 e. The Labute approximate surface area is 217 Å². The van der Waals surface area contributed by atoms with Gasteiger partial charge in [-0.2, -0.15) is 0 Å². The third-order valence-electron chi connectivity index (χ3n) is 7.10. The van der Waals surface area contributed by atoms with Crippen LogP contribution in [0.25, 0.3) is 0 Å². The standard InChI is InChI=1S/C28H37N5O4/c29-15-7-14-24(32-28(36)37-18-19-8-2-1-3-9-19)27(35)33-17-21(30)16-25(33)26(34)31-23-13-6-11-20-10-4-5-12-22(20)23/h1-5,8-10,12,21,23-25H,6-7,11,13-18,29-30H2,(H,31,34)(H,32,36)/t21-,23+,24-,25-/m0/s1. The lowest BCUT2D eigenvalue weighted by molar-refractivity contribution is -0.140. The normalized spacial score (nSPS) is 21.6. The molecular formula is C28H37N5O4. The summed E-state index contributed by atoms with van der Waals surface area (Å²) in [6.45, 7) is 0.708. The average molecular weight is 508 g/mol. The van der Waals surface area contributed by atoms with Gasteiger partial charge >= 0.3 is 6.09 Å². The summed E-state index contributed by atoms with van der Waals surface area (Å²) in [5.41, 5.74) is 15.1. The summed E-state index contributed by atoms with van der Waals surface area (Å²) < 4.78 is 5.32. The number of hydrogen-bond acceptors (Lipinski definition) is 6. The molecule has 0 spiro atoms. The highest BCUT2D eigenvalue weighted by molar-refractivity contribution is 5.92. The first-order valence-corrected chi connectivity index (χ1v) is 13.1. The van der Waals surface area contributed by atoms with Gasteiger partial charge in [-0.25, -0.2) is 4.79 Å². The third kappa shape index (κ3) is 6.87. The number of aryl methyl sites for hydroxylation is 1. The fourth-order valence-electron chi connectivity index (χ4n) is 5.22. The fourth-order valence-corrected chi connectivity index (χ4v) is 5.22. The molecule has 0 bridgehead atoms. The fraction of sp³-hybridized carbons (Fsp3) is 0.464. The number of nitrogens with two attached hydrogens (primary N) is 2. The molecule has 9 nitrogen and oxygen atoms in total. The highest BCUT2D eigenvalue weighted by Crippen LogP contribution is 2.30. The van der Waals surface area contributed by atoms with Crippen LogP contribution in [0.2, 0.25) is 0 Å². The van der Waals surface area contributed by atoms with E-state index in [2.05, 4.69) is 22.8 Å². The zero-order valence-corrected chi connectivity index (χ0v) is 21.1. The van der Waals surface area contributed by atoms with Gasteiger partial charge in [0.15, 0.2) is 0 Å². The monoisotopic (exact) mass is 507 g/mol. The SMILES string of the molecule is NCCC[C@H](NC(=O)OCc1ccccc1)C(=O)N1C[C@@H](N)C[C@H]1C(=O)N[C@@H]1CCCc2ccccc21. The molecule has 0 unspecified atom stereocenters. The number of benzene rings is 2. The number of nitrogens with one attached hydrogen (secondary N) is 2. The molecule has 3 amide bonds. The Bertz CT molecular complexity index is 1080. The van der Waals surface area contributed by atoms with Crippen LogP contribution in [0.5, 0.6) is 0 Å². The van der Waals surface area contributed by atoms with E-state index in [-0.39, 0.29) is 37.0 Å². The minimum atomic E-state index is -0.858. The molecule has 2 aromatic carbocycles. The predicted molar refractivity (Wildman–Crippen MR) is 140 cm³/mol. The predicted octanol–water partition coefficient (Wildman–Crippen LogP) is 2.14. The summed E-state index contributed by atoms with van der Waals surface area (Å²) in [4.78, 5) is 41.0. The van der Waals surface area contributed by atoms with Gasteiger partial charge in [0.05, 0.1) is 6.04 Å². The number of alkyl carbamates (subject to hydrolysis) is 1. The van der Waals surface area contributed by atoms with Crippen molar-refractivity contribution in [1.82, 2.24) is 15.5 Å². The molecule has 9 heteroatoms. The number of hydrogen-bond donors (Lipinski definition) is 4. The van der Waals surface area contributed by atoms with E-state index in [0.29, 0.717) is 25.8 Å². The van der Waals surface area contributed by atoms with Crippen molar-refractivity contribution >= 4 is 17.9 Å². The van der Waals surface area contributed by atoms with E-state index in [9.17, 15) is 14.4 Å². The summed E-state index contributed by atoms with van der Waals surface area (Å²) in [6, 6.07) is 15.5. The van der Waals surface area contributed by atoms with Crippen molar-refractivity contribution in [1.29, 1.82) is 0 Å². The summed E-state index contributed by atoms with van der Waals surface area (Å²) in [7, 11) is 0. The van der Waals surface area contributed by atoms with Crippen molar-refractivity contribution in [2.45, 2.75) is 69.3 Å². The van der Waals surface area contributed by atoms with E-state index in [1.807, 2.05) is 42.5 Å².